The van der Waals surface area contributed by atoms with Crippen LogP contribution in [0.2, 0.25) is 0 Å². The van der Waals surface area contributed by atoms with Crippen molar-refractivity contribution in [2.75, 3.05) is 0 Å². The Morgan fingerprint density at radius 3 is 2.06 bits per heavy atom. The largest absolute Gasteiger partial charge is 0.326 e. The SMILES string of the molecule is C=O.Cc1ccc2ccccc2c1C.O=[PH](O)O. The molecule has 0 aliphatic rings. The Morgan fingerprint density at radius 2 is 1.50 bits per heavy atom. The second-order valence-corrected chi connectivity index (χ2v) is 4.08. The molecule has 0 aliphatic carbocycles. The van der Waals surface area contributed by atoms with Crippen LogP contribution in [0, 0.1) is 13.8 Å². The fourth-order valence-corrected chi connectivity index (χ4v) is 1.54. The van der Waals surface area contributed by atoms with Gasteiger partial charge in [0, 0.05) is 0 Å². The topological polar surface area (TPSA) is 74.6 Å². The summed E-state index contributed by atoms with van der Waals surface area (Å²) >= 11 is 0. The number of benzene rings is 2. The number of hydrogen-bond acceptors (Lipinski definition) is 2. The summed E-state index contributed by atoms with van der Waals surface area (Å²) in [5.74, 6) is 0. The molecule has 0 heterocycles. The molecule has 5 heteroatoms. The van der Waals surface area contributed by atoms with Gasteiger partial charge in [-0.3, -0.25) is 4.57 Å². The first-order valence-electron chi connectivity index (χ1n) is 5.18. The third kappa shape index (κ3) is 5.23. The van der Waals surface area contributed by atoms with E-state index >= 15 is 0 Å². The van der Waals surface area contributed by atoms with Gasteiger partial charge in [0.2, 0.25) is 0 Å². The van der Waals surface area contributed by atoms with Gasteiger partial charge in [0.15, 0.2) is 0 Å². The molecule has 0 saturated carbocycles. The Morgan fingerprint density at radius 1 is 1.00 bits per heavy atom. The van der Waals surface area contributed by atoms with Gasteiger partial charge in [-0.1, -0.05) is 36.4 Å². The summed E-state index contributed by atoms with van der Waals surface area (Å²) in [4.78, 5) is 22.3. The van der Waals surface area contributed by atoms with Gasteiger partial charge in [-0.25, -0.2) is 0 Å². The highest BCUT2D eigenvalue weighted by atomic mass is 31.1. The number of aryl methyl sites for hydroxylation is 2. The summed E-state index contributed by atoms with van der Waals surface area (Å²) < 4.78 is 8.74. The van der Waals surface area contributed by atoms with Gasteiger partial charge < -0.3 is 14.6 Å². The van der Waals surface area contributed by atoms with Gasteiger partial charge in [-0.15, -0.1) is 0 Å². The molecule has 0 fully saturated rings. The van der Waals surface area contributed by atoms with Crippen molar-refractivity contribution in [3.8, 4) is 0 Å². The maximum Gasteiger partial charge on any atom is 0.314 e. The molecule has 0 atom stereocenters. The van der Waals surface area contributed by atoms with E-state index in [1.54, 1.807) is 0 Å². The number of fused-ring (bicyclic) bond motifs is 1. The van der Waals surface area contributed by atoms with Crippen LogP contribution >= 0.6 is 8.25 Å². The van der Waals surface area contributed by atoms with E-state index in [0.717, 1.165) is 0 Å². The summed E-state index contributed by atoms with van der Waals surface area (Å²) in [5.41, 5.74) is 2.77. The van der Waals surface area contributed by atoms with E-state index in [2.05, 4.69) is 50.2 Å². The lowest BCUT2D eigenvalue weighted by atomic mass is 10.0. The average molecular weight is 268 g/mol. The summed E-state index contributed by atoms with van der Waals surface area (Å²) in [6.45, 7) is 6.33. The Labute approximate surface area is 107 Å². The Bertz CT molecular complexity index is 521. The zero-order valence-electron chi connectivity index (χ0n) is 10.4. The molecule has 4 nitrogen and oxygen atoms in total. The Hall–Kier alpha value is -1.48. The lowest BCUT2D eigenvalue weighted by Gasteiger charge is -2.04. The lowest BCUT2D eigenvalue weighted by Crippen LogP contribution is -1.82. The van der Waals surface area contributed by atoms with Crippen molar-refractivity contribution < 1.29 is 19.1 Å². The van der Waals surface area contributed by atoms with Crippen LogP contribution in [-0.2, 0) is 9.36 Å². The van der Waals surface area contributed by atoms with Crippen molar-refractivity contribution in [1.82, 2.24) is 0 Å². The first-order chi connectivity index (χ1) is 8.52. The van der Waals surface area contributed by atoms with Gasteiger partial charge in [0.05, 0.1) is 0 Å². The van der Waals surface area contributed by atoms with Crippen LogP contribution in [0.25, 0.3) is 10.8 Å². The molecule has 0 bridgehead atoms. The van der Waals surface area contributed by atoms with Crippen LogP contribution < -0.4 is 0 Å². The number of hydrogen-bond donors (Lipinski definition) is 2. The van der Waals surface area contributed by atoms with Crippen LogP contribution in [-0.4, -0.2) is 16.6 Å². The quantitative estimate of drug-likeness (QED) is 0.720. The maximum absolute atomic E-state index is 8.74. The van der Waals surface area contributed by atoms with Crippen LogP contribution in [0.5, 0.6) is 0 Å². The van der Waals surface area contributed by atoms with E-state index in [4.69, 9.17) is 19.1 Å². The van der Waals surface area contributed by atoms with E-state index in [1.807, 2.05) is 6.79 Å². The molecule has 18 heavy (non-hydrogen) atoms. The number of rotatable bonds is 0. The second kappa shape index (κ2) is 8.59. The first kappa shape index (κ1) is 16.5. The summed E-state index contributed by atoms with van der Waals surface area (Å²) in [6.07, 6.45) is 0. The molecule has 0 spiro atoms. The second-order valence-electron chi connectivity index (χ2n) is 3.51. The standard InChI is InChI=1S/C12H12.CH2O.H3O3P/c1-9-7-8-11-5-3-4-6-12(11)10(9)2;1-2;1-4(2)3/h3-8H,1-2H3;1H2;4H,(H2,1,2,3). The molecular weight excluding hydrogens is 251 g/mol. The minimum absolute atomic E-state index is 1.33. The summed E-state index contributed by atoms with van der Waals surface area (Å²) in [6, 6.07) is 12.9. The van der Waals surface area contributed by atoms with Crippen molar-refractivity contribution in [1.29, 1.82) is 0 Å². The zero-order chi connectivity index (χ0) is 14.1. The fourth-order valence-electron chi connectivity index (χ4n) is 1.54. The molecule has 0 aliphatic heterocycles. The van der Waals surface area contributed by atoms with Crippen molar-refractivity contribution in [2.24, 2.45) is 0 Å². The first-order valence-corrected chi connectivity index (χ1v) is 6.48. The van der Waals surface area contributed by atoms with Crippen LogP contribution in [0.3, 0.4) is 0 Å². The average Bonchev–Trinajstić information content (AvgIpc) is 2.36. The van der Waals surface area contributed by atoms with Gasteiger partial charge >= 0.3 is 8.25 Å². The van der Waals surface area contributed by atoms with E-state index in [9.17, 15) is 0 Å². The minimum Gasteiger partial charge on any atom is -0.326 e. The predicted molar refractivity (Wildman–Crippen MR) is 74.0 cm³/mol. The molecular formula is C13H17O4P. The third-order valence-electron chi connectivity index (χ3n) is 2.47. The van der Waals surface area contributed by atoms with Crippen molar-refractivity contribution >= 4 is 25.8 Å². The molecule has 2 rings (SSSR count). The monoisotopic (exact) mass is 268 g/mol. The van der Waals surface area contributed by atoms with Crippen LogP contribution in [0.1, 0.15) is 11.1 Å². The third-order valence-corrected chi connectivity index (χ3v) is 2.47. The number of carbonyl (C=O) groups is 1. The van der Waals surface area contributed by atoms with Crippen LogP contribution in [0.15, 0.2) is 36.4 Å². The molecule has 2 aromatic rings. The smallest absolute Gasteiger partial charge is 0.314 e. The van der Waals surface area contributed by atoms with Crippen molar-refractivity contribution in [3.05, 3.63) is 47.5 Å². The van der Waals surface area contributed by atoms with Crippen molar-refractivity contribution in [2.45, 2.75) is 13.8 Å². The Balaban J connectivity index is 0.000000415. The highest BCUT2D eigenvalue weighted by Crippen LogP contribution is 2.20. The minimum atomic E-state index is -3.13. The number of carbonyl (C=O) groups excluding carboxylic acids is 1. The lowest BCUT2D eigenvalue weighted by molar-refractivity contribution is -0.0979. The summed E-state index contributed by atoms with van der Waals surface area (Å²) in [7, 11) is -3.13. The van der Waals surface area contributed by atoms with Gasteiger partial charge in [0.1, 0.15) is 6.79 Å². The fraction of sp³-hybridized carbons (Fsp3) is 0.154. The zero-order valence-corrected chi connectivity index (χ0v) is 11.4. The van der Waals surface area contributed by atoms with E-state index in [0.29, 0.717) is 0 Å². The van der Waals surface area contributed by atoms with Crippen LogP contribution in [0.4, 0.5) is 0 Å². The van der Waals surface area contributed by atoms with Gasteiger partial charge in [-0.05, 0) is 35.7 Å². The van der Waals surface area contributed by atoms with Gasteiger partial charge in [0.25, 0.3) is 0 Å². The predicted octanol–water partition coefficient (Wildman–Crippen LogP) is 2.63. The van der Waals surface area contributed by atoms with E-state index in [-0.39, 0.29) is 0 Å². The van der Waals surface area contributed by atoms with Crippen molar-refractivity contribution in [3.63, 3.8) is 0 Å². The van der Waals surface area contributed by atoms with E-state index in [1.165, 1.54) is 21.9 Å². The maximum atomic E-state index is 8.74. The molecule has 0 amide bonds. The molecule has 98 valence electrons. The highest BCUT2D eigenvalue weighted by Gasteiger charge is 1.97. The molecule has 0 saturated heterocycles. The van der Waals surface area contributed by atoms with Gasteiger partial charge in [-0.2, -0.15) is 0 Å². The molecule has 2 aromatic carbocycles. The molecule has 0 radical (unpaired) electrons. The Kier molecular flexibility index (Phi) is 7.88. The molecule has 0 unspecified atom stereocenters. The highest BCUT2D eigenvalue weighted by molar-refractivity contribution is 7.30. The normalized spacial score (nSPS) is 9.17. The summed E-state index contributed by atoms with van der Waals surface area (Å²) in [5, 5.41) is 2.71. The van der Waals surface area contributed by atoms with E-state index < -0.39 is 8.25 Å². The molecule has 2 N–H and O–H groups in total. The molecule has 0 aromatic heterocycles.